The first kappa shape index (κ1) is 12.4. The molecule has 78 valence electrons. The second-order valence-corrected chi connectivity index (χ2v) is 3.87. The van der Waals surface area contributed by atoms with Crippen molar-refractivity contribution in [3.63, 3.8) is 0 Å². The summed E-state index contributed by atoms with van der Waals surface area (Å²) in [6, 6.07) is 0.437. The van der Waals surface area contributed by atoms with Gasteiger partial charge >= 0.3 is 5.97 Å². The van der Waals surface area contributed by atoms with E-state index >= 15 is 0 Å². The summed E-state index contributed by atoms with van der Waals surface area (Å²) in [5.41, 5.74) is 0. The highest BCUT2D eigenvalue weighted by Gasteiger charge is 2.14. The SMILES string of the molecule is COC(=O)[C@@H](C)CN[C@H](C)C(C)C. The van der Waals surface area contributed by atoms with E-state index in [4.69, 9.17) is 0 Å². The lowest BCUT2D eigenvalue weighted by atomic mass is 10.1. The molecule has 0 saturated heterocycles. The molecule has 0 fully saturated rings. The molecule has 2 atom stereocenters. The quantitative estimate of drug-likeness (QED) is 0.662. The molecule has 0 radical (unpaired) electrons. The van der Waals surface area contributed by atoms with E-state index in [1.165, 1.54) is 7.11 Å². The van der Waals surface area contributed by atoms with Gasteiger partial charge < -0.3 is 10.1 Å². The van der Waals surface area contributed by atoms with Gasteiger partial charge in [-0.15, -0.1) is 0 Å². The van der Waals surface area contributed by atoms with Crippen LogP contribution in [-0.4, -0.2) is 25.7 Å². The number of ether oxygens (including phenoxy) is 1. The lowest BCUT2D eigenvalue weighted by Crippen LogP contribution is -2.36. The Labute approximate surface area is 80.8 Å². The highest BCUT2D eigenvalue weighted by molar-refractivity contribution is 5.72. The number of nitrogens with one attached hydrogen (secondary N) is 1. The van der Waals surface area contributed by atoms with Crippen LogP contribution in [0.5, 0.6) is 0 Å². The maximum Gasteiger partial charge on any atom is 0.309 e. The third kappa shape index (κ3) is 4.88. The number of hydrogen-bond acceptors (Lipinski definition) is 3. The summed E-state index contributed by atoms with van der Waals surface area (Å²) in [5.74, 6) is 0.375. The molecular formula is C10H21NO2. The summed E-state index contributed by atoms with van der Waals surface area (Å²) in [5, 5.41) is 3.30. The van der Waals surface area contributed by atoms with E-state index < -0.39 is 0 Å². The molecule has 3 nitrogen and oxygen atoms in total. The van der Waals surface area contributed by atoms with Crippen molar-refractivity contribution in [1.82, 2.24) is 5.32 Å². The van der Waals surface area contributed by atoms with Gasteiger partial charge in [-0.05, 0) is 12.8 Å². The van der Waals surface area contributed by atoms with Gasteiger partial charge in [-0.25, -0.2) is 0 Å². The van der Waals surface area contributed by atoms with Gasteiger partial charge in [-0.3, -0.25) is 4.79 Å². The van der Waals surface area contributed by atoms with Crippen LogP contribution in [0.2, 0.25) is 0 Å². The van der Waals surface area contributed by atoms with Crippen LogP contribution < -0.4 is 5.32 Å². The van der Waals surface area contributed by atoms with Crippen LogP contribution in [0.15, 0.2) is 0 Å². The number of esters is 1. The zero-order valence-corrected chi connectivity index (χ0v) is 9.26. The van der Waals surface area contributed by atoms with Crippen molar-refractivity contribution >= 4 is 5.97 Å². The Morgan fingerprint density at radius 3 is 2.23 bits per heavy atom. The molecule has 0 aromatic heterocycles. The first-order chi connectivity index (χ1) is 5.99. The van der Waals surface area contributed by atoms with E-state index in [1.54, 1.807) is 0 Å². The van der Waals surface area contributed by atoms with Crippen LogP contribution in [0.4, 0.5) is 0 Å². The minimum atomic E-state index is -0.150. The molecule has 0 aliphatic heterocycles. The number of rotatable bonds is 5. The fourth-order valence-corrected chi connectivity index (χ4v) is 0.883. The summed E-state index contributed by atoms with van der Waals surface area (Å²) in [6.45, 7) is 8.98. The van der Waals surface area contributed by atoms with E-state index in [0.29, 0.717) is 18.5 Å². The van der Waals surface area contributed by atoms with Crippen molar-refractivity contribution in [2.45, 2.75) is 33.7 Å². The Balaban J connectivity index is 3.69. The Hall–Kier alpha value is -0.570. The molecule has 0 unspecified atom stereocenters. The van der Waals surface area contributed by atoms with E-state index in [0.717, 1.165) is 0 Å². The summed E-state index contributed by atoms with van der Waals surface area (Å²) < 4.78 is 4.63. The third-order valence-corrected chi connectivity index (χ3v) is 2.35. The molecule has 0 aliphatic rings. The van der Waals surface area contributed by atoms with E-state index in [9.17, 15) is 4.79 Å². The van der Waals surface area contributed by atoms with Crippen LogP contribution in [-0.2, 0) is 9.53 Å². The van der Waals surface area contributed by atoms with Crippen molar-refractivity contribution in [2.24, 2.45) is 11.8 Å². The van der Waals surface area contributed by atoms with Crippen molar-refractivity contribution in [1.29, 1.82) is 0 Å². The maximum atomic E-state index is 11.0. The molecule has 0 spiro atoms. The van der Waals surface area contributed by atoms with Crippen LogP contribution in [0, 0.1) is 11.8 Å². The average Bonchev–Trinajstić information content (AvgIpc) is 2.11. The largest absolute Gasteiger partial charge is 0.469 e. The fraction of sp³-hybridized carbons (Fsp3) is 0.900. The Morgan fingerprint density at radius 2 is 1.85 bits per heavy atom. The van der Waals surface area contributed by atoms with Crippen molar-refractivity contribution in [3.05, 3.63) is 0 Å². The minimum absolute atomic E-state index is 0.0637. The zero-order chi connectivity index (χ0) is 10.4. The molecule has 0 aliphatic carbocycles. The van der Waals surface area contributed by atoms with Crippen molar-refractivity contribution < 1.29 is 9.53 Å². The van der Waals surface area contributed by atoms with Gasteiger partial charge in [-0.1, -0.05) is 20.8 Å². The van der Waals surface area contributed by atoms with Gasteiger partial charge in [0.05, 0.1) is 13.0 Å². The summed E-state index contributed by atoms with van der Waals surface area (Å²) in [6.07, 6.45) is 0. The van der Waals surface area contributed by atoms with Gasteiger partial charge in [0.2, 0.25) is 0 Å². The molecule has 13 heavy (non-hydrogen) atoms. The monoisotopic (exact) mass is 187 g/mol. The Kier molecular flexibility index (Phi) is 5.71. The number of hydrogen-bond donors (Lipinski definition) is 1. The molecule has 0 aromatic carbocycles. The van der Waals surface area contributed by atoms with Crippen LogP contribution in [0.25, 0.3) is 0 Å². The highest BCUT2D eigenvalue weighted by atomic mass is 16.5. The second kappa shape index (κ2) is 5.97. The van der Waals surface area contributed by atoms with Crippen LogP contribution in [0.3, 0.4) is 0 Å². The number of carbonyl (C=O) groups is 1. The van der Waals surface area contributed by atoms with E-state index in [-0.39, 0.29) is 11.9 Å². The molecule has 3 heteroatoms. The standard InChI is InChI=1S/C10H21NO2/c1-7(2)9(4)11-6-8(3)10(12)13-5/h7-9,11H,6H2,1-5H3/t8-,9+/m0/s1. The predicted molar refractivity (Wildman–Crippen MR) is 53.5 cm³/mol. The predicted octanol–water partition coefficient (Wildman–Crippen LogP) is 1.43. The van der Waals surface area contributed by atoms with E-state index in [2.05, 4.69) is 30.8 Å². The van der Waals surface area contributed by atoms with Gasteiger partial charge in [-0.2, -0.15) is 0 Å². The maximum absolute atomic E-state index is 11.0. The highest BCUT2D eigenvalue weighted by Crippen LogP contribution is 2.02. The lowest BCUT2D eigenvalue weighted by Gasteiger charge is -2.19. The molecule has 0 amide bonds. The Morgan fingerprint density at radius 1 is 1.31 bits per heavy atom. The molecule has 0 heterocycles. The van der Waals surface area contributed by atoms with Gasteiger partial charge in [0.25, 0.3) is 0 Å². The van der Waals surface area contributed by atoms with Crippen molar-refractivity contribution in [3.8, 4) is 0 Å². The molecule has 0 bridgehead atoms. The molecule has 0 saturated carbocycles. The fourth-order valence-electron chi connectivity index (χ4n) is 0.883. The Bertz CT molecular complexity index is 157. The van der Waals surface area contributed by atoms with Crippen LogP contribution in [0.1, 0.15) is 27.7 Å². The smallest absolute Gasteiger partial charge is 0.309 e. The third-order valence-electron chi connectivity index (χ3n) is 2.35. The molecular weight excluding hydrogens is 166 g/mol. The van der Waals surface area contributed by atoms with Gasteiger partial charge in [0.1, 0.15) is 0 Å². The molecule has 1 N–H and O–H groups in total. The zero-order valence-electron chi connectivity index (χ0n) is 9.26. The first-order valence-electron chi connectivity index (χ1n) is 4.80. The second-order valence-electron chi connectivity index (χ2n) is 3.87. The minimum Gasteiger partial charge on any atom is -0.469 e. The van der Waals surface area contributed by atoms with Gasteiger partial charge in [0, 0.05) is 12.6 Å². The normalized spacial score (nSPS) is 15.5. The van der Waals surface area contributed by atoms with E-state index in [1.807, 2.05) is 6.92 Å². The average molecular weight is 187 g/mol. The lowest BCUT2D eigenvalue weighted by molar-refractivity contribution is -0.144. The topological polar surface area (TPSA) is 38.3 Å². The summed E-state index contributed by atoms with van der Waals surface area (Å²) >= 11 is 0. The molecule has 0 rings (SSSR count). The number of methoxy groups -OCH3 is 1. The first-order valence-corrected chi connectivity index (χ1v) is 4.80. The summed E-state index contributed by atoms with van der Waals surface area (Å²) in [4.78, 5) is 11.0. The number of carbonyl (C=O) groups excluding carboxylic acids is 1. The summed E-state index contributed by atoms with van der Waals surface area (Å²) in [7, 11) is 1.42. The van der Waals surface area contributed by atoms with Crippen molar-refractivity contribution in [2.75, 3.05) is 13.7 Å². The van der Waals surface area contributed by atoms with Gasteiger partial charge in [0.15, 0.2) is 0 Å². The molecule has 0 aromatic rings. The van der Waals surface area contributed by atoms with Crippen LogP contribution >= 0.6 is 0 Å².